The molecule has 0 atom stereocenters. The topological polar surface area (TPSA) is 45.0 Å². The van der Waals surface area contributed by atoms with Gasteiger partial charge < -0.3 is 5.11 Å². The molecule has 3 rings (SSSR count). The van der Waals surface area contributed by atoms with Crippen molar-refractivity contribution in [2.24, 2.45) is 10.2 Å². The second-order valence-electron chi connectivity index (χ2n) is 4.60. The van der Waals surface area contributed by atoms with Crippen LogP contribution in [0.25, 0.3) is 11.1 Å². The molecule has 0 radical (unpaired) electrons. The zero-order valence-corrected chi connectivity index (χ0v) is 11.3. The van der Waals surface area contributed by atoms with Gasteiger partial charge >= 0.3 is 0 Å². The molecule has 0 bridgehead atoms. The van der Waals surface area contributed by atoms with Gasteiger partial charge in [-0.15, -0.1) is 5.11 Å². The maximum absolute atomic E-state index is 9.38. The normalized spacial score (nSPS) is 10.9. The lowest BCUT2D eigenvalue weighted by atomic mass is 10.0. The molecule has 102 valence electrons. The molecule has 3 aromatic rings. The summed E-state index contributed by atoms with van der Waals surface area (Å²) in [6, 6.07) is 24.5. The van der Waals surface area contributed by atoms with Gasteiger partial charge in [-0.2, -0.15) is 5.11 Å². The van der Waals surface area contributed by atoms with E-state index in [2.05, 4.69) is 10.2 Å². The predicted molar refractivity (Wildman–Crippen MR) is 84.2 cm³/mol. The van der Waals surface area contributed by atoms with Crippen LogP contribution in [0.3, 0.4) is 0 Å². The molecule has 0 saturated carbocycles. The highest BCUT2D eigenvalue weighted by Crippen LogP contribution is 2.32. The smallest absolute Gasteiger partial charge is 0.115 e. The summed E-state index contributed by atoms with van der Waals surface area (Å²) < 4.78 is 0. The van der Waals surface area contributed by atoms with Crippen LogP contribution in [0.15, 0.2) is 89.1 Å². The standard InChI is InChI=1S/C18H14N2O/c21-16-12-10-14(11-13-16)17-8-4-5-9-18(17)20-19-15-6-2-1-3-7-15/h1-13,21H. The summed E-state index contributed by atoms with van der Waals surface area (Å²) in [5.41, 5.74) is 3.60. The monoisotopic (exact) mass is 274 g/mol. The molecular formula is C18H14N2O. The first-order chi connectivity index (χ1) is 10.3. The van der Waals surface area contributed by atoms with Crippen LogP contribution in [-0.2, 0) is 0 Å². The van der Waals surface area contributed by atoms with Gasteiger partial charge in [0.05, 0.1) is 11.4 Å². The lowest BCUT2D eigenvalue weighted by Gasteiger charge is -2.05. The SMILES string of the molecule is Oc1ccc(-c2ccccc2N=Nc2ccccc2)cc1. The van der Waals surface area contributed by atoms with E-state index in [1.165, 1.54) is 0 Å². The lowest BCUT2D eigenvalue weighted by molar-refractivity contribution is 0.475. The molecule has 21 heavy (non-hydrogen) atoms. The van der Waals surface area contributed by atoms with Gasteiger partial charge in [0.1, 0.15) is 5.75 Å². The third kappa shape index (κ3) is 3.15. The number of phenolic OH excluding ortho intramolecular Hbond substituents is 1. The number of phenols is 1. The van der Waals surface area contributed by atoms with Crippen LogP contribution >= 0.6 is 0 Å². The number of hydrogen-bond donors (Lipinski definition) is 1. The molecule has 0 aliphatic heterocycles. The van der Waals surface area contributed by atoms with Gasteiger partial charge in [0.2, 0.25) is 0 Å². The Labute approximate surface area is 123 Å². The van der Waals surface area contributed by atoms with E-state index in [1.54, 1.807) is 12.1 Å². The van der Waals surface area contributed by atoms with E-state index in [1.807, 2.05) is 66.7 Å². The van der Waals surface area contributed by atoms with E-state index in [4.69, 9.17) is 0 Å². The fourth-order valence-corrected chi connectivity index (χ4v) is 2.05. The van der Waals surface area contributed by atoms with Crippen LogP contribution in [0.1, 0.15) is 0 Å². The molecule has 0 saturated heterocycles. The molecule has 3 aromatic carbocycles. The van der Waals surface area contributed by atoms with E-state index in [0.717, 1.165) is 22.5 Å². The zero-order valence-electron chi connectivity index (χ0n) is 11.3. The Hall–Kier alpha value is -2.94. The third-order valence-corrected chi connectivity index (χ3v) is 3.11. The molecule has 1 N–H and O–H groups in total. The quantitative estimate of drug-likeness (QED) is 0.632. The fraction of sp³-hybridized carbons (Fsp3) is 0. The molecule has 0 aliphatic carbocycles. The average Bonchev–Trinajstić information content (AvgIpc) is 2.55. The Morgan fingerprint density at radius 3 is 2.05 bits per heavy atom. The van der Waals surface area contributed by atoms with E-state index in [0.29, 0.717) is 0 Å². The molecule has 0 heterocycles. The first-order valence-corrected chi connectivity index (χ1v) is 6.68. The lowest BCUT2D eigenvalue weighted by Crippen LogP contribution is -1.78. The molecule has 0 fully saturated rings. The van der Waals surface area contributed by atoms with Crippen molar-refractivity contribution in [1.29, 1.82) is 0 Å². The number of nitrogens with zero attached hydrogens (tertiary/aromatic N) is 2. The van der Waals surface area contributed by atoms with Gasteiger partial charge in [0.25, 0.3) is 0 Å². The Kier molecular flexibility index (Phi) is 3.74. The minimum atomic E-state index is 0.252. The van der Waals surface area contributed by atoms with Gasteiger partial charge in [0, 0.05) is 5.56 Å². The first-order valence-electron chi connectivity index (χ1n) is 6.68. The van der Waals surface area contributed by atoms with Gasteiger partial charge in [-0.05, 0) is 35.9 Å². The number of azo groups is 1. The Morgan fingerprint density at radius 1 is 0.619 bits per heavy atom. The molecule has 0 spiro atoms. The maximum atomic E-state index is 9.38. The maximum Gasteiger partial charge on any atom is 0.115 e. The number of rotatable bonds is 3. The highest BCUT2D eigenvalue weighted by Gasteiger charge is 2.03. The minimum Gasteiger partial charge on any atom is -0.508 e. The summed E-state index contributed by atoms with van der Waals surface area (Å²) in [4.78, 5) is 0. The van der Waals surface area contributed by atoms with Gasteiger partial charge in [-0.1, -0.05) is 48.5 Å². The highest BCUT2D eigenvalue weighted by molar-refractivity contribution is 5.75. The first kappa shape index (κ1) is 13.1. The van der Waals surface area contributed by atoms with Crippen LogP contribution in [0, 0.1) is 0 Å². The van der Waals surface area contributed by atoms with Gasteiger partial charge in [0.15, 0.2) is 0 Å². The summed E-state index contributed by atoms with van der Waals surface area (Å²) in [5, 5.41) is 18.0. The van der Waals surface area contributed by atoms with Crippen molar-refractivity contribution < 1.29 is 5.11 Å². The van der Waals surface area contributed by atoms with E-state index in [-0.39, 0.29) is 5.75 Å². The second kappa shape index (κ2) is 6.01. The van der Waals surface area contributed by atoms with Gasteiger partial charge in [-0.25, -0.2) is 0 Å². The highest BCUT2D eigenvalue weighted by atomic mass is 16.3. The predicted octanol–water partition coefficient (Wildman–Crippen LogP) is 5.47. The van der Waals surface area contributed by atoms with Crippen molar-refractivity contribution in [3.05, 3.63) is 78.9 Å². The Balaban J connectivity index is 1.96. The third-order valence-electron chi connectivity index (χ3n) is 3.11. The Bertz CT molecular complexity index is 750. The summed E-state index contributed by atoms with van der Waals surface area (Å²) in [6.45, 7) is 0. The number of benzene rings is 3. The molecule has 3 heteroatoms. The summed E-state index contributed by atoms with van der Waals surface area (Å²) in [6.07, 6.45) is 0. The van der Waals surface area contributed by atoms with Crippen LogP contribution < -0.4 is 0 Å². The fourth-order valence-electron chi connectivity index (χ4n) is 2.05. The number of aromatic hydroxyl groups is 1. The summed E-state index contributed by atoms with van der Waals surface area (Å²) >= 11 is 0. The van der Waals surface area contributed by atoms with Crippen molar-refractivity contribution in [3.8, 4) is 16.9 Å². The van der Waals surface area contributed by atoms with Crippen molar-refractivity contribution in [2.45, 2.75) is 0 Å². The second-order valence-corrected chi connectivity index (χ2v) is 4.60. The van der Waals surface area contributed by atoms with Crippen molar-refractivity contribution in [2.75, 3.05) is 0 Å². The van der Waals surface area contributed by atoms with Crippen molar-refractivity contribution >= 4 is 11.4 Å². The molecule has 0 aromatic heterocycles. The van der Waals surface area contributed by atoms with Crippen LogP contribution in [0.5, 0.6) is 5.75 Å². The van der Waals surface area contributed by atoms with Crippen LogP contribution in [0.2, 0.25) is 0 Å². The molecular weight excluding hydrogens is 260 g/mol. The molecule has 0 unspecified atom stereocenters. The van der Waals surface area contributed by atoms with E-state index < -0.39 is 0 Å². The zero-order chi connectivity index (χ0) is 14.5. The largest absolute Gasteiger partial charge is 0.508 e. The Morgan fingerprint density at radius 2 is 1.29 bits per heavy atom. The number of hydrogen-bond acceptors (Lipinski definition) is 3. The minimum absolute atomic E-state index is 0.252. The van der Waals surface area contributed by atoms with E-state index in [9.17, 15) is 5.11 Å². The van der Waals surface area contributed by atoms with Crippen LogP contribution in [-0.4, -0.2) is 5.11 Å². The molecule has 3 nitrogen and oxygen atoms in total. The average molecular weight is 274 g/mol. The van der Waals surface area contributed by atoms with E-state index >= 15 is 0 Å². The van der Waals surface area contributed by atoms with Crippen LogP contribution in [0.4, 0.5) is 11.4 Å². The van der Waals surface area contributed by atoms with Crippen molar-refractivity contribution in [1.82, 2.24) is 0 Å². The molecule has 0 aliphatic rings. The summed E-state index contributed by atoms with van der Waals surface area (Å²) in [7, 11) is 0. The van der Waals surface area contributed by atoms with Gasteiger partial charge in [-0.3, -0.25) is 0 Å². The molecule has 0 amide bonds. The van der Waals surface area contributed by atoms with Crippen molar-refractivity contribution in [3.63, 3.8) is 0 Å². The summed E-state index contributed by atoms with van der Waals surface area (Å²) in [5.74, 6) is 0.252.